The zero-order valence-corrected chi connectivity index (χ0v) is 20.0. The third kappa shape index (κ3) is 4.23. The molecule has 4 fully saturated rings. The van der Waals surface area contributed by atoms with Crippen LogP contribution in [0.15, 0.2) is 59.5 Å². The van der Waals surface area contributed by atoms with Crippen LogP contribution in [0, 0.1) is 6.92 Å². The van der Waals surface area contributed by atoms with Gasteiger partial charge in [-0.15, -0.1) is 0 Å². The summed E-state index contributed by atoms with van der Waals surface area (Å²) in [6.07, 6.45) is -6.71. The van der Waals surface area contributed by atoms with Crippen molar-refractivity contribution in [3.8, 4) is 0 Å². The van der Waals surface area contributed by atoms with Gasteiger partial charge >= 0.3 is 17.9 Å². The predicted molar refractivity (Wildman–Crippen MR) is 117 cm³/mol. The van der Waals surface area contributed by atoms with E-state index in [-0.39, 0.29) is 4.90 Å². The van der Waals surface area contributed by atoms with Crippen molar-refractivity contribution in [3.63, 3.8) is 0 Å². The summed E-state index contributed by atoms with van der Waals surface area (Å²) < 4.78 is 61.3. The summed E-state index contributed by atoms with van der Waals surface area (Å²) in [6.45, 7) is 4.23. The van der Waals surface area contributed by atoms with Crippen LogP contribution in [0.1, 0.15) is 25.0 Å². The Labute approximate surface area is 202 Å². The molecule has 10 nitrogen and oxygen atoms in total. The van der Waals surface area contributed by atoms with E-state index in [2.05, 4.69) is 0 Å². The van der Waals surface area contributed by atoms with Gasteiger partial charge in [0.25, 0.3) is 10.1 Å². The number of esters is 2. The van der Waals surface area contributed by atoms with Crippen LogP contribution in [0.25, 0.3) is 0 Å². The van der Waals surface area contributed by atoms with E-state index >= 15 is 0 Å². The second-order valence-electron chi connectivity index (χ2n) is 8.65. The molecule has 35 heavy (non-hydrogen) atoms. The first kappa shape index (κ1) is 23.9. The maximum atomic E-state index is 13.2. The lowest BCUT2D eigenvalue weighted by Crippen LogP contribution is -2.79. The Morgan fingerprint density at radius 3 is 1.74 bits per heavy atom. The minimum atomic E-state index is -4.29. The zero-order valence-electron chi connectivity index (χ0n) is 19.2. The van der Waals surface area contributed by atoms with Gasteiger partial charge in [-0.1, -0.05) is 48.0 Å². The van der Waals surface area contributed by atoms with E-state index < -0.39 is 64.7 Å². The molecule has 3 heterocycles. The molecule has 4 bridgehead atoms. The van der Waals surface area contributed by atoms with E-state index in [0.29, 0.717) is 5.56 Å². The fourth-order valence-electron chi connectivity index (χ4n) is 4.66. The van der Waals surface area contributed by atoms with Crippen molar-refractivity contribution < 1.29 is 45.9 Å². The molecular formula is C24H24O10S. The molecule has 0 spiro atoms. The Bertz CT molecular complexity index is 1190. The monoisotopic (exact) mass is 504 g/mol. The number of hydrogen-bond donors (Lipinski definition) is 0. The molecule has 1 aliphatic carbocycles. The van der Waals surface area contributed by atoms with E-state index in [9.17, 15) is 18.0 Å². The minimum Gasteiger partial charge on any atom is -0.457 e. The molecule has 7 atom stereocenters. The quantitative estimate of drug-likeness (QED) is 0.426. The maximum absolute atomic E-state index is 13.2. The average Bonchev–Trinajstić information content (AvgIpc) is 2.80. The van der Waals surface area contributed by atoms with Crippen molar-refractivity contribution >= 4 is 22.1 Å². The fraction of sp³-hybridized carbons (Fsp3) is 0.417. The van der Waals surface area contributed by atoms with Crippen LogP contribution in [0.2, 0.25) is 0 Å². The Morgan fingerprint density at radius 2 is 1.26 bits per heavy atom. The van der Waals surface area contributed by atoms with Crippen LogP contribution in [0.5, 0.6) is 0 Å². The van der Waals surface area contributed by atoms with Gasteiger partial charge in [-0.2, -0.15) is 8.42 Å². The molecule has 3 saturated heterocycles. The second kappa shape index (κ2) is 8.68. The normalized spacial score (nSPS) is 33.3. The SMILES string of the molecule is CC(=O)O[C@@H]1C2OC3(c4ccccc4)O[C@@H]1C(OS(=O)(=O)c1ccc(C)cc1)[C@H](O3)[C@H]2OC(C)=O. The first-order valence-corrected chi connectivity index (χ1v) is 12.4. The van der Waals surface area contributed by atoms with Crippen molar-refractivity contribution in [2.24, 2.45) is 0 Å². The van der Waals surface area contributed by atoms with Crippen LogP contribution in [0.3, 0.4) is 0 Å². The van der Waals surface area contributed by atoms with Crippen molar-refractivity contribution in [2.75, 3.05) is 0 Å². The lowest BCUT2D eigenvalue weighted by molar-refractivity contribution is -0.545. The van der Waals surface area contributed by atoms with Gasteiger partial charge in [0.05, 0.1) is 4.90 Å². The highest BCUT2D eigenvalue weighted by atomic mass is 32.2. The molecule has 0 amide bonds. The maximum Gasteiger partial charge on any atom is 0.313 e. The molecule has 2 aromatic carbocycles. The van der Waals surface area contributed by atoms with Gasteiger partial charge in [0.2, 0.25) is 0 Å². The lowest BCUT2D eigenvalue weighted by Gasteiger charge is -2.61. The molecule has 1 saturated carbocycles. The third-order valence-electron chi connectivity index (χ3n) is 6.10. The lowest BCUT2D eigenvalue weighted by atomic mass is 9.81. The predicted octanol–water partition coefficient (Wildman–Crippen LogP) is 1.94. The fourth-order valence-corrected chi connectivity index (χ4v) is 5.75. The van der Waals surface area contributed by atoms with Gasteiger partial charge in [0.1, 0.15) is 24.4 Å². The number of benzene rings is 2. The summed E-state index contributed by atoms with van der Waals surface area (Å²) >= 11 is 0. The van der Waals surface area contributed by atoms with Crippen molar-refractivity contribution in [1.82, 2.24) is 0 Å². The van der Waals surface area contributed by atoms with E-state index in [1.54, 1.807) is 42.5 Å². The molecule has 6 rings (SSSR count). The molecule has 3 aliphatic heterocycles. The van der Waals surface area contributed by atoms with Crippen LogP contribution < -0.4 is 0 Å². The smallest absolute Gasteiger partial charge is 0.313 e. The molecular weight excluding hydrogens is 480 g/mol. The largest absolute Gasteiger partial charge is 0.457 e. The Kier molecular flexibility index (Phi) is 5.93. The van der Waals surface area contributed by atoms with E-state index in [1.807, 2.05) is 6.92 Å². The molecule has 11 heteroatoms. The molecule has 0 aromatic heterocycles. The standard InChI is InChI=1S/C24H24O10S/c1-13-9-11-17(12-10-13)35(27,28)34-23-21-18(29-14(2)25)20-19(30-15(3)26)22(23)33-24(31-20,32-21)16-7-5-4-6-8-16/h4-12,18-23H,1-3H3/t18-,19+,20?,21+,22-,23?,24?. The first-order valence-electron chi connectivity index (χ1n) is 11.0. The highest BCUT2D eigenvalue weighted by Crippen LogP contribution is 2.52. The van der Waals surface area contributed by atoms with Gasteiger partial charge in [-0.3, -0.25) is 13.8 Å². The highest BCUT2D eigenvalue weighted by Gasteiger charge is 2.71. The van der Waals surface area contributed by atoms with Crippen molar-refractivity contribution in [3.05, 3.63) is 65.7 Å². The van der Waals surface area contributed by atoms with Crippen LogP contribution in [-0.2, 0) is 53.5 Å². The molecule has 0 N–H and O–H groups in total. The van der Waals surface area contributed by atoms with Crippen LogP contribution in [-0.4, -0.2) is 57.0 Å². The van der Waals surface area contributed by atoms with Crippen molar-refractivity contribution in [2.45, 2.75) is 68.3 Å². The van der Waals surface area contributed by atoms with Gasteiger partial charge < -0.3 is 23.7 Å². The summed E-state index contributed by atoms with van der Waals surface area (Å²) in [7, 11) is -4.29. The minimum absolute atomic E-state index is 0.0704. The topological polar surface area (TPSA) is 124 Å². The molecule has 186 valence electrons. The average molecular weight is 505 g/mol. The molecule has 4 aliphatic rings. The summed E-state index contributed by atoms with van der Waals surface area (Å²) in [5.74, 6) is -3.01. The number of hydrogen-bond acceptors (Lipinski definition) is 10. The number of carbonyl (C=O) groups excluding carboxylic acids is 2. The molecule has 0 radical (unpaired) electrons. The number of ether oxygens (including phenoxy) is 5. The number of aryl methyl sites for hydroxylation is 1. The Balaban J connectivity index is 1.56. The van der Waals surface area contributed by atoms with Gasteiger partial charge in [-0.05, 0) is 19.1 Å². The van der Waals surface area contributed by atoms with Gasteiger partial charge in [-0.25, -0.2) is 0 Å². The third-order valence-corrected chi connectivity index (χ3v) is 7.42. The zero-order chi connectivity index (χ0) is 25.0. The summed E-state index contributed by atoms with van der Waals surface area (Å²) in [4.78, 5) is 23.8. The molecule has 2 aromatic rings. The molecule has 3 unspecified atom stereocenters. The highest BCUT2D eigenvalue weighted by molar-refractivity contribution is 7.86. The summed E-state index contributed by atoms with van der Waals surface area (Å²) in [5.41, 5.74) is 1.37. The number of carbonyl (C=O) groups is 2. The van der Waals surface area contributed by atoms with E-state index in [1.165, 1.54) is 26.0 Å². The Hall–Kier alpha value is -2.83. The summed E-state index contributed by atoms with van der Waals surface area (Å²) in [5, 5.41) is 0. The van der Waals surface area contributed by atoms with Crippen molar-refractivity contribution in [1.29, 1.82) is 0 Å². The van der Waals surface area contributed by atoms with Crippen LogP contribution >= 0.6 is 0 Å². The second-order valence-corrected chi connectivity index (χ2v) is 10.2. The summed E-state index contributed by atoms with van der Waals surface area (Å²) in [6, 6.07) is 14.9. The van der Waals surface area contributed by atoms with E-state index in [0.717, 1.165) is 5.56 Å². The first-order chi connectivity index (χ1) is 16.6. The number of rotatable bonds is 6. The Morgan fingerprint density at radius 1 is 0.771 bits per heavy atom. The van der Waals surface area contributed by atoms with E-state index in [4.69, 9.17) is 27.9 Å². The van der Waals surface area contributed by atoms with Crippen LogP contribution in [0.4, 0.5) is 0 Å². The van der Waals surface area contributed by atoms with Gasteiger partial charge in [0.15, 0.2) is 12.2 Å². The van der Waals surface area contributed by atoms with Gasteiger partial charge in [0, 0.05) is 19.4 Å².